The Morgan fingerprint density at radius 1 is 1.03 bits per heavy atom. The van der Waals surface area contributed by atoms with Gasteiger partial charge in [0.2, 0.25) is 11.1 Å². The minimum absolute atomic E-state index is 0.158. The normalized spacial score (nSPS) is 10.8. The van der Waals surface area contributed by atoms with Crippen LogP contribution in [0, 0.1) is 0 Å². The van der Waals surface area contributed by atoms with E-state index < -0.39 is 0 Å². The topological polar surface area (TPSA) is 90.6 Å². The standard InChI is InChI=1S/C21H18ClN5O3S/c1-29-17-9-3-13(11-18(17)30-2)16-8-10-19-24-25-21(27(19)26-16)31-12-20(28)23-15-6-4-14(22)5-7-15/h3-11H,12H2,1-2H3,(H,23,28). The molecule has 1 N–H and O–H groups in total. The summed E-state index contributed by atoms with van der Waals surface area (Å²) >= 11 is 7.12. The van der Waals surface area contributed by atoms with Gasteiger partial charge in [-0.25, -0.2) is 0 Å². The SMILES string of the molecule is COc1ccc(-c2ccc3nnc(SCC(=O)Nc4ccc(Cl)cc4)n3n2)cc1OC. The lowest BCUT2D eigenvalue weighted by atomic mass is 10.1. The highest BCUT2D eigenvalue weighted by molar-refractivity contribution is 7.99. The average Bonchev–Trinajstić information content (AvgIpc) is 3.21. The predicted molar refractivity (Wildman–Crippen MR) is 120 cm³/mol. The van der Waals surface area contributed by atoms with Crippen molar-refractivity contribution in [1.29, 1.82) is 0 Å². The van der Waals surface area contributed by atoms with Crippen molar-refractivity contribution < 1.29 is 14.3 Å². The van der Waals surface area contributed by atoms with Gasteiger partial charge >= 0.3 is 0 Å². The molecule has 10 heteroatoms. The van der Waals surface area contributed by atoms with Crippen molar-refractivity contribution in [1.82, 2.24) is 19.8 Å². The van der Waals surface area contributed by atoms with E-state index in [1.165, 1.54) is 11.8 Å². The van der Waals surface area contributed by atoms with Gasteiger partial charge < -0.3 is 14.8 Å². The van der Waals surface area contributed by atoms with E-state index in [1.54, 1.807) is 43.0 Å². The largest absolute Gasteiger partial charge is 0.493 e. The van der Waals surface area contributed by atoms with Gasteiger partial charge in [0, 0.05) is 16.3 Å². The maximum Gasteiger partial charge on any atom is 0.234 e. The Bertz CT molecular complexity index is 1230. The van der Waals surface area contributed by atoms with E-state index in [-0.39, 0.29) is 11.7 Å². The van der Waals surface area contributed by atoms with Crippen LogP contribution in [-0.2, 0) is 4.79 Å². The smallest absolute Gasteiger partial charge is 0.234 e. The Morgan fingerprint density at radius 3 is 2.55 bits per heavy atom. The van der Waals surface area contributed by atoms with E-state index in [2.05, 4.69) is 20.6 Å². The fraction of sp³-hybridized carbons (Fsp3) is 0.143. The molecular formula is C21H18ClN5O3S. The van der Waals surface area contributed by atoms with Gasteiger partial charge in [0.1, 0.15) is 0 Å². The number of rotatable bonds is 7. The summed E-state index contributed by atoms with van der Waals surface area (Å²) in [4.78, 5) is 12.3. The van der Waals surface area contributed by atoms with Gasteiger partial charge in [0.15, 0.2) is 17.1 Å². The van der Waals surface area contributed by atoms with Crippen molar-refractivity contribution in [2.45, 2.75) is 5.16 Å². The number of halogens is 1. The number of hydrogen-bond donors (Lipinski definition) is 1. The highest BCUT2D eigenvalue weighted by atomic mass is 35.5. The first-order chi connectivity index (χ1) is 15.1. The summed E-state index contributed by atoms with van der Waals surface area (Å²) in [6.45, 7) is 0. The Morgan fingerprint density at radius 2 is 1.81 bits per heavy atom. The molecule has 8 nitrogen and oxygen atoms in total. The molecule has 0 fully saturated rings. The molecule has 4 rings (SSSR count). The predicted octanol–water partition coefficient (Wildman–Crippen LogP) is 4.19. The molecule has 2 heterocycles. The lowest BCUT2D eigenvalue weighted by molar-refractivity contribution is -0.113. The molecule has 0 saturated carbocycles. The number of carbonyl (C=O) groups is 1. The summed E-state index contributed by atoms with van der Waals surface area (Å²) < 4.78 is 12.3. The number of fused-ring (bicyclic) bond motifs is 1. The number of ether oxygens (including phenoxy) is 2. The van der Waals surface area contributed by atoms with E-state index in [9.17, 15) is 4.79 Å². The van der Waals surface area contributed by atoms with E-state index in [0.717, 1.165) is 5.56 Å². The van der Waals surface area contributed by atoms with Crippen LogP contribution >= 0.6 is 23.4 Å². The quantitative estimate of drug-likeness (QED) is 0.418. The highest BCUT2D eigenvalue weighted by Crippen LogP contribution is 2.31. The summed E-state index contributed by atoms with van der Waals surface area (Å²) in [7, 11) is 3.17. The molecule has 0 radical (unpaired) electrons. The summed E-state index contributed by atoms with van der Waals surface area (Å²) in [5.74, 6) is 1.24. The van der Waals surface area contributed by atoms with Crippen molar-refractivity contribution in [2.75, 3.05) is 25.3 Å². The van der Waals surface area contributed by atoms with Crippen molar-refractivity contribution in [3.8, 4) is 22.8 Å². The number of nitrogens with one attached hydrogen (secondary N) is 1. The average molecular weight is 456 g/mol. The lowest BCUT2D eigenvalue weighted by Crippen LogP contribution is -2.14. The fourth-order valence-corrected chi connectivity index (χ4v) is 3.68. The van der Waals surface area contributed by atoms with Gasteiger partial charge in [-0.15, -0.1) is 10.2 Å². The molecule has 2 aromatic heterocycles. The zero-order chi connectivity index (χ0) is 21.8. The fourth-order valence-electron chi connectivity index (χ4n) is 2.87. The molecule has 31 heavy (non-hydrogen) atoms. The van der Waals surface area contributed by atoms with Crippen LogP contribution in [0.3, 0.4) is 0 Å². The number of thioether (sulfide) groups is 1. The van der Waals surface area contributed by atoms with E-state index in [1.807, 2.05) is 30.3 Å². The molecule has 0 aliphatic rings. The van der Waals surface area contributed by atoms with Crippen LogP contribution in [0.2, 0.25) is 5.02 Å². The zero-order valence-corrected chi connectivity index (χ0v) is 18.3. The Balaban J connectivity index is 1.52. The summed E-state index contributed by atoms with van der Waals surface area (Å²) in [5.41, 5.74) is 2.82. The highest BCUT2D eigenvalue weighted by Gasteiger charge is 2.13. The van der Waals surface area contributed by atoms with Gasteiger partial charge in [0.25, 0.3) is 0 Å². The molecule has 0 spiro atoms. The maximum absolute atomic E-state index is 12.3. The molecule has 2 aromatic carbocycles. The summed E-state index contributed by atoms with van der Waals surface area (Å²) in [5, 5.41) is 16.9. The van der Waals surface area contributed by atoms with E-state index in [0.29, 0.717) is 38.7 Å². The third-order valence-corrected chi connectivity index (χ3v) is 5.55. The van der Waals surface area contributed by atoms with Crippen LogP contribution in [-0.4, -0.2) is 45.7 Å². The number of anilines is 1. The Kier molecular flexibility index (Phi) is 6.24. The number of methoxy groups -OCH3 is 2. The third kappa shape index (κ3) is 4.73. The first-order valence-electron chi connectivity index (χ1n) is 9.20. The van der Waals surface area contributed by atoms with Crippen LogP contribution in [0.15, 0.2) is 59.8 Å². The van der Waals surface area contributed by atoms with Gasteiger partial charge in [-0.2, -0.15) is 9.61 Å². The molecule has 4 aromatic rings. The van der Waals surface area contributed by atoms with Crippen molar-refractivity contribution >= 4 is 40.6 Å². The lowest BCUT2D eigenvalue weighted by Gasteiger charge is -2.09. The Labute approximate surface area is 187 Å². The molecule has 0 saturated heterocycles. The number of aromatic nitrogens is 4. The van der Waals surface area contributed by atoms with Gasteiger partial charge in [-0.3, -0.25) is 4.79 Å². The van der Waals surface area contributed by atoms with Crippen molar-refractivity contribution in [2.24, 2.45) is 0 Å². The van der Waals surface area contributed by atoms with E-state index >= 15 is 0 Å². The number of benzene rings is 2. The summed E-state index contributed by atoms with van der Waals surface area (Å²) in [6.07, 6.45) is 0. The molecular weight excluding hydrogens is 438 g/mol. The van der Waals surface area contributed by atoms with Crippen LogP contribution in [0.25, 0.3) is 16.9 Å². The van der Waals surface area contributed by atoms with Crippen LogP contribution in [0.1, 0.15) is 0 Å². The monoisotopic (exact) mass is 455 g/mol. The minimum atomic E-state index is -0.167. The second kappa shape index (κ2) is 9.23. The van der Waals surface area contributed by atoms with Crippen molar-refractivity contribution in [3.63, 3.8) is 0 Å². The maximum atomic E-state index is 12.3. The summed E-state index contributed by atoms with van der Waals surface area (Å²) in [6, 6.07) is 16.2. The molecule has 1 amide bonds. The number of carbonyl (C=O) groups excluding carboxylic acids is 1. The van der Waals surface area contributed by atoms with Gasteiger partial charge in [0.05, 0.1) is 25.7 Å². The third-order valence-electron chi connectivity index (χ3n) is 4.37. The van der Waals surface area contributed by atoms with E-state index in [4.69, 9.17) is 21.1 Å². The van der Waals surface area contributed by atoms with Gasteiger partial charge in [-0.1, -0.05) is 23.4 Å². The molecule has 0 aliphatic carbocycles. The first-order valence-corrected chi connectivity index (χ1v) is 10.6. The van der Waals surface area contributed by atoms with Crippen LogP contribution in [0.4, 0.5) is 5.69 Å². The zero-order valence-electron chi connectivity index (χ0n) is 16.7. The Hall–Kier alpha value is -3.30. The molecule has 0 atom stereocenters. The van der Waals surface area contributed by atoms with Gasteiger partial charge in [-0.05, 0) is 54.6 Å². The first kappa shape index (κ1) is 21.0. The molecule has 0 unspecified atom stereocenters. The van der Waals surface area contributed by atoms with Crippen LogP contribution in [0.5, 0.6) is 11.5 Å². The molecule has 0 aliphatic heterocycles. The molecule has 0 bridgehead atoms. The number of nitrogens with zero attached hydrogens (tertiary/aromatic N) is 4. The van der Waals surface area contributed by atoms with Crippen LogP contribution < -0.4 is 14.8 Å². The second-order valence-corrected chi connectivity index (χ2v) is 7.76. The number of amides is 1. The molecule has 158 valence electrons. The number of hydrogen-bond acceptors (Lipinski definition) is 7. The van der Waals surface area contributed by atoms with Crippen molar-refractivity contribution in [3.05, 3.63) is 59.6 Å². The second-order valence-electron chi connectivity index (χ2n) is 6.38. The minimum Gasteiger partial charge on any atom is -0.493 e.